The molecule has 0 aromatic heterocycles. The van der Waals surface area contributed by atoms with Gasteiger partial charge in [0, 0.05) is 0 Å². The summed E-state index contributed by atoms with van der Waals surface area (Å²) in [6, 6.07) is 0. The summed E-state index contributed by atoms with van der Waals surface area (Å²) in [6.07, 6.45) is 0. The number of halogens is 2. The summed E-state index contributed by atoms with van der Waals surface area (Å²) in [6.45, 7) is 13.4. The number of hydrogen-bond donors (Lipinski definition) is 0. The summed E-state index contributed by atoms with van der Waals surface area (Å²) in [5, 5.41) is 0. The van der Waals surface area contributed by atoms with Gasteiger partial charge >= 0.3 is 0 Å². The van der Waals surface area contributed by atoms with E-state index in [0.717, 1.165) is 0 Å². The summed E-state index contributed by atoms with van der Waals surface area (Å²) in [7, 11) is 0.759. The van der Waals surface area contributed by atoms with Crippen molar-refractivity contribution < 1.29 is 0 Å². The van der Waals surface area contributed by atoms with Gasteiger partial charge in [0.1, 0.15) is 0 Å². The molecule has 0 N–H and O–H groups in total. The molecule has 0 radical (unpaired) electrons. The fourth-order valence-corrected chi connectivity index (χ4v) is 0. The van der Waals surface area contributed by atoms with Gasteiger partial charge in [0.05, 0.1) is 0 Å². The highest BCUT2D eigenvalue weighted by Crippen LogP contribution is 2.14. The molecule has 0 unspecified atom stereocenters. The van der Waals surface area contributed by atoms with E-state index in [2.05, 4.69) is 40.0 Å². The molecule has 4 heteroatoms. The highest BCUT2D eigenvalue weighted by atomic mass is 79.9. The van der Waals surface area contributed by atoms with Gasteiger partial charge in [-0.15, -0.1) is 49.8 Å². The van der Waals surface area contributed by atoms with Crippen molar-refractivity contribution in [1.82, 2.24) is 0 Å². The fourth-order valence-electron chi connectivity index (χ4n) is 0. The molecule has 0 spiro atoms. The lowest BCUT2D eigenvalue weighted by atomic mass is 11.9. The third-order valence-corrected chi connectivity index (χ3v) is 0. The maximum atomic E-state index is 2.23. The van der Waals surface area contributed by atoms with Crippen molar-refractivity contribution in [2.45, 2.75) is 0 Å². The van der Waals surface area contributed by atoms with E-state index in [0.29, 0.717) is 15.8 Å². The highest BCUT2D eigenvalue weighted by molar-refractivity contribution is 8.93. The normalized spacial score (nSPS) is 7.20. The molecule has 0 amide bonds. The van der Waals surface area contributed by atoms with Crippen LogP contribution in [0.2, 0.25) is 0 Å². The second-order valence-corrected chi connectivity index (χ2v) is 8.05. The minimum absolute atomic E-state index is 0. The highest BCUT2D eigenvalue weighted by Gasteiger charge is 1.66. The Morgan fingerprint density at radius 2 is 0.500 bits per heavy atom. The fraction of sp³-hybridized carbons (Fsp3) is 1.00. The van der Waals surface area contributed by atoms with E-state index in [4.69, 9.17) is 0 Å². The molecule has 0 aromatic carbocycles. The molecule has 0 aliphatic heterocycles. The van der Waals surface area contributed by atoms with Gasteiger partial charge in [0.15, 0.2) is 0 Å². The van der Waals surface area contributed by atoms with Crippen LogP contribution in [0.3, 0.4) is 0 Å². The van der Waals surface area contributed by atoms with Gasteiger partial charge in [-0.05, 0) is 40.0 Å². The topological polar surface area (TPSA) is 0 Å². The Balaban J connectivity index is -0.0000000300. The van der Waals surface area contributed by atoms with Gasteiger partial charge < -0.3 is 0 Å². The second kappa shape index (κ2) is 17.1. The third-order valence-electron chi connectivity index (χ3n) is 0. The summed E-state index contributed by atoms with van der Waals surface area (Å²) in [5.74, 6) is 0. The maximum Gasteiger partial charge on any atom is -0.0449 e. The van der Waals surface area contributed by atoms with Crippen LogP contribution < -0.4 is 0 Å². The van der Waals surface area contributed by atoms with Crippen molar-refractivity contribution in [2.24, 2.45) is 0 Å². The molecular weight excluding hydrogens is 294 g/mol. The second-order valence-electron chi connectivity index (χ2n) is 2.68. The Bertz CT molecular complexity index is 29.2. The molecule has 0 aliphatic rings. The molecule has 0 saturated heterocycles. The summed E-state index contributed by atoms with van der Waals surface area (Å²) >= 11 is 0. The first-order valence-electron chi connectivity index (χ1n) is 2.68. The van der Waals surface area contributed by atoms with Gasteiger partial charge in [-0.25, -0.2) is 0 Å². The number of rotatable bonds is 0. The van der Waals surface area contributed by atoms with E-state index >= 15 is 0 Å². The van der Waals surface area contributed by atoms with Crippen LogP contribution >= 0.6 is 49.8 Å². The Morgan fingerprint density at radius 3 is 0.500 bits per heavy atom. The summed E-state index contributed by atoms with van der Waals surface area (Å²) < 4.78 is 0. The summed E-state index contributed by atoms with van der Waals surface area (Å²) in [4.78, 5) is 0. The standard InChI is InChI=1S/2C3H9P.2BrH/c2*1-4(2)3;;/h2*1-3H3;2*1H. The molecule has 0 aliphatic carbocycles. The van der Waals surface area contributed by atoms with Crippen LogP contribution in [0.15, 0.2) is 0 Å². The molecule has 10 heavy (non-hydrogen) atoms. The van der Waals surface area contributed by atoms with Crippen molar-refractivity contribution in [2.75, 3.05) is 40.0 Å². The van der Waals surface area contributed by atoms with Gasteiger partial charge in [-0.1, -0.05) is 0 Å². The average Bonchev–Trinajstić information content (AvgIpc) is 1.25. The summed E-state index contributed by atoms with van der Waals surface area (Å²) in [5.41, 5.74) is 0. The zero-order valence-corrected chi connectivity index (χ0v) is 12.9. The zero-order chi connectivity index (χ0) is 7.15. The molecule has 0 heterocycles. The van der Waals surface area contributed by atoms with Crippen LogP contribution in [0.5, 0.6) is 0 Å². The van der Waals surface area contributed by atoms with Gasteiger partial charge in [-0.3, -0.25) is 0 Å². The van der Waals surface area contributed by atoms with E-state index in [-0.39, 0.29) is 34.0 Å². The van der Waals surface area contributed by atoms with Crippen molar-refractivity contribution in [3.05, 3.63) is 0 Å². The van der Waals surface area contributed by atoms with Crippen LogP contribution in [0, 0.1) is 0 Å². The quantitative estimate of drug-likeness (QED) is 0.596. The van der Waals surface area contributed by atoms with E-state index in [1.54, 1.807) is 0 Å². The smallest absolute Gasteiger partial charge is 0.0449 e. The first-order valence-corrected chi connectivity index (χ1v) is 8.05. The zero-order valence-electron chi connectivity index (χ0n) is 7.71. The van der Waals surface area contributed by atoms with Crippen LogP contribution in [0.25, 0.3) is 0 Å². The van der Waals surface area contributed by atoms with Crippen molar-refractivity contribution >= 4 is 49.8 Å². The minimum atomic E-state index is 0. The number of hydrogen-bond acceptors (Lipinski definition) is 0. The predicted molar refractivity (Wildman–Crippen MR) is 70.0 cm³/mol. The van der Waals surface area contributed by atoms with E-state index in [1.807, 2.05) is 0 Å². The average molecular weight is 314 g/mol. The van der Waals surface area contributed by atoms with Crippen molar-refractivity contribution in [3.8, 4) is 0 Å². The molecule has 68 valence electrons. The molecule has 0 saturated carbocycles. The first kappa shape index (κ1) is 22.6. The van der Waals surface area contributed by atoms with Crippen LogP contribution in [-0.4, -0.2) is 40.0 Å². The molecule has 0 aromatic rings. The largest absolute Gasteiger partial charge is 0.116 e. The third kappa shape index (κ3) is 231. The van der Waals surface area contributed by atoms with Crippen molar-refractivity contribution in [1.29, 1.82) is 0 Å². The Morgan fingerprint density at radius 1 is 0.500 bits per heavy atom. The van der Waals surface area contributed by atoms with Crippen LogP contribution in [0.4, 0.5) is 0 Å². The Kier molecular flexibility index (Phi) is 38.6. The van der Waals surface area contributed by atoms with Gasteiger partial charge in [-0.2, -0.15) is 0 Å². The molecule has 0 nitrogen and oxygen atoms in total. The van der Waals surface area contributed by atoms with Crippen molar-refractivity contribution in [3.63, 3.8) is 0 Å². The van der Waals surface area contributed by atoms with Crippen LogP contribution in [0.1, 0.15) is 0 Å². The molecule has 0 bridgehead atoms. The molecular formula is C6H20Br2P2. The van der Waals surface area contributed by atoms with E-state index in [1.165, 1.54) is 0 Å². The lowest BCUT2D eigenvalue weighted by Crippen LogP contribution is -1.48. The SMILES string of the molecule is Br.Br.CP(C)C.CP(C)C. The molecule has 0 fully saturated rings. The molecule has 0 atom stereocenters. The van der Waals surface area contributed by atoms with Gasteiger partial charge in [0.25, 0.3) is 0 Å². The Hall–Kier alpha value is 1.82. The monoisotopic (exact) mass is 312 g/mol. The van der Waals surface area contributed by atoms with E-state index in [9.17, 15) is 0 Å². The lowest BCUT2D eigenvalue weighted by molar-refractivity contribution is 2.13. The lowest BCUT2D eigenvalue weighted by Gasteiger charge is -1.81. The first-order chi connectivity index (χ1) is 3.46. The van der Waals surface area contributed by atoms with Gasteiger partial charge in [0.2, 0.25) is 0 Å². The maximum absolute atomic E-state index is 2.23. The molecule has 0 rings (SSSR count). The van der Waals surface area contributed by atoms with Crippen LogP contribution in [-0.2, 0) is 0 Å². The Labute approximate surface area is 89.6 Å². The minimum Gasteiger partial charge on any atom is -0.116 e. The van der Waals surface area contributed by atoms with E-state index < -0.39 is 0 Å². The predicted octanol–water partition coefficient (Wildman–Crippen LogP) is 3.87.